The molecule has 2 aromatic carbocycles. The number of fused-ring (bicyclic) bond motifs is 1. The molecule has 0 bridgehead atoms. The second-order valence-electron chi connectivity index (χ2n) is 4.79. The Kier molecular flexibility index (Phi) is 3.47. The number of hydrogen-bond donors (Lipinski definition) is 1. The topological polar surface area (TPSA) is 48.7 Å². The lowest BCUT2D eigenvalue weighted by atomic mass is 10.1. The predicted octanol–water partition coefficient (Wildman–Crippen LogP) is 4.81. The summed E-state index contributed by atoms with van der Waals surface area (Å²) < 4.78 is 0. The Hall–Kier alpha value is -2.57. The van der Waals surface area contributed by atoms with Gasteiger partial charge in [-0.2, -0.15) is 5.26 Å². The van der Waals surface area contributed by atoms with Crippen LogP contribution in [0.25, 0.3) is 10.9 Å². The van der Waals surface area contributed by atoms with Gasteiger partial charge in [-0.15, -0.1) is 0 Å². The van der Waals surface area contributed by atoms with Gasteiger partial charge in [-0.25, -0.2) is 4.98 Å². The van der Waals surface area contributed by atoms with Crippen molar-refractivity contribution in [2.24, 2.45) is 0 Å². The predicted molar refractivity (Wildman–Crippen MR) is 85.9 cm³/mol. The van der Waals surface area contributed by atoms with Gasteiger partial charge in [-0.1, -0.05) is 35.9 Å². The fraction of sp³-hybridized carbons (Fsp3) is 0.0588. The van der Waals surface area contributed by atoms with Gasteiger partial charge < -0.3 is 5.32 Å². The van der Waals surface area contributed by atoms with E-state index in [0.717, 1.165) is 22.2 Å². The summed E-state index contributed by atoms with van der Waals surface area (Å²) in [7, 11) is 0. The molecule has 4 heteroatoms. The number of aromatic nitrogens is 1. The summed E-state index contributed by atoms with van der Waals surface area (Å²) in [5.41, 5.74) is 3.23. The average Bonchev–Trinajstić information content (AvgIpc) is 2.49. The monoisotopic (exact) mass is 293 g/mol. The Morgan fingerprint density at radius 1 is 1.14 bits per heavy atom. The zero-order valence-electron chi connectivity index (χ0n) is 11.4. The number of nitrogens with zero attached hydrogens (tertiary/aromatic N) is 2. The molecule has 1 N–H and O–H groups in total. The molecule has 3 rings (SSSR count). The molecular weight excluding hydrogens is 282 g/mol. The van der Waals surface area contributed by atoms with Crippen molar-refractivity contribution in [1.29, 1.82) is 5.26 Å². The van der Waals surface area contributed by atoms with E-state index >= 15 is 0 Å². The van der Waals surface area contributed by atoms with E-state index in [2.05, 4.69) is 16.4 Å². The minimum atomic E-state index is 0.589. The van der Waals surface area contributed by atoms with Crippen LogP contribution in [0.4, 0.5) is 11.5 Å². The summed E-state index contributed by atoms with van der Waals surface area (Å²) in [6, 6.07) is 17.3. The van der Waals surface area contributed by atoms with Gasteiger partial charge in [0.2, 0.25) is 0 Å². The smallest absolute Gasteiger partial charge is 0.132 e. The Labute approximate surface area is 127 Å². The Bertz CT molecular complexity index is 866. The van der Waals surface area contributed by atoms with E-state index in [9.17, 15) is 5.26 Å². The van der Waals surface area contributed by atoms with Crippen LogP contribution < -0.4 is 5.32 Å². The number of nitrogens with one attached hydrogen (secondary N) is 1. The van der Waals surface area contributed by atoms with Crippen molar-refractivity contribution in [3.8, 4) is 6.07 Å². The third-order valence-corrected chi connectivity index (χ3v) is 3.54. The molecule has 21 heavy (non-hydrogen) atoms. The second-order valence-corrected chi connectivity index (χ2v) is 5.20. The molecule has 1 heterocycles. The molecule has 0 unspecified atom stereocenters. The summed E-state index contributed by atoms with van der Waals surface area (Å²) in [4.78, 5) is 4.52. The maximum absolute atomic E-state index is 9.29. The second kappa shape index (κ2) is 5.43. The van der Waals surface area contributed by atoms with E-state index in [1.54, 1.807) is 6.07 Å². The first-order valence-electron chi connectivity index (χ1n) is 6.50. The summed E-state index contributed by atoms with van der Waals surface area (Å²) in [6.07, 6.45) is 0. The fourth-order valence-corrected chi connectivity index (χ4v) is 2.47. The molecule has 3 aromatic rings. The van der Waals surface area contributed by atoms with Crippen molar-refractivity contribution >= 4 is 34.0 Å². The highest BCUT2D eigenvalue weighted by atomic mass is 35.5. The molecule has 0 aliphatic heterocycles. The molecule has 102 valence electrons. The third-order valence-electron chi connectivity index (χ3n) is 3.22. The fourth-order valence-electron chi connectivity index (χ4n) is 2.19. The minimum Gasteiger partial charge on any atom is -0.339 e. The molecule has 0 aliphatic carbocycles. The van der Waals surface area contributed by atoms with Gasteiger partial charge in [0.1, 0.15) is 5.82 Å². The van der Waals surface area contributed by atoms with Crippen LogP contribution in [0.2, 0.25) is 5.02 Å². The van der Waals surface area contributed by atoms with Gasteiger partial charge in [0.05, 0.1) is 27.9 Å². The van der Waals surface area contributed by atoms with Gasteiger partial charge >= 0.3 is 0 Å². The standard InChI is InChI=1S/C17H12ClN3/c1-11-6-7-16(14(18)8-11)21-17-9-12(10-19)13-4-2-3-5-15(13)20-17/h2-9H,1H3,(H,20,21). The Morgan fingerprint density at radius 3 is 2.71 bits per heavy atom. The quantitative estimate of drug-likeness (QED) is 0.737. The van der Waals surface area contributed by atoms with Crippen molar-refractivity contribution in [1.82, 2.24) is 4.98 Å². The minimum absolute atomic E-state index is 0.589. The number of pyridine rings is 1. The van der Waals surface area contributed by atoms with Crippen LogP contribution in [0, 0.1) is 18.3 Å². The van der Waals surface area contributed by atoms with E-state index in [0.29, 0.717) is 16.4 Å². The first kappa shape index (κ1) is 13.4. The van der Waals surface area contributed by atoms with Crippen LogP contribution in [0.3, 0.4) is 0 Å². The summed E-state index contributed by atoms with van der Waals surface area (Å²) in [5.74, 6) is 0.607. The van der Waals surface area contributed by atoms with E-state index in [4.69, 9.17) is 11.6 Å². The van der Waals surface area contributed by atoms with Gasteiger partial charge in [0.15, 0.2) is 0 Å². The number of anilines is 2. The first-order valence-corrected chi connectivity index (χ1v) is 6.88. The van der Waals surface area contributed by atoms with E-state index in [1.807, 2.05) is 49.4 Å². The lowest BCUT2D eigenvalue weighted by molar-refractivity contribution is 1.35. The van der Waals surface area contributed by atoms with Crippen molar-refractivity contribution in [3.63, 3.8) is 0 Å². The molecule has 0 spiro atoms. The highest BCUT2D eigenvalue weighted by Gasteiger charge is 2.07. The molecule has 0 atom stereocenters. The van der Waals surface area contributed by atoms with Crippen LogP contribution in [-0.4, -0.2) is 4.98 Å². The summed E-state index contributed by atoms with van der Waals surface area (Å²) >= 11 is 6.22. The van der Waals surface area contributed by atoms with E-state index in [1.165, 1.54) is 0 Å². The molecule has 1 aromatic heterocycles. The molecule has 0 radical (unpaired) electrons. The molecular formula is C17H12ClN3. The highest BCUT2D eigenvalue weighted by Crippen LogP contribution is 2.27. The zero-order valence-corrected chi connectivity index (χ0v) is 12.1. The molecule has 0 fully saturated rings. The number of aryl methyl sites for hydroxylation is 1. The lowest BCUT2D eigenvalue weighted by Crippen LogP contribution is -1.96. The van der Waals surface area contributed by atoms with Crippen molar-refractivity contribution in [3.05, 3.63) is 64.7 Å². The molecule has 0 amide bonds. The first-order chi connectivity index (χ1) is 10.2. The maximum Gasteiger partial charge on any atom is 0.132 e. The largest absolute Gasteiger partial charge is 0.339 e. The van der Waals surface area contributed by atoms with Gasteiger partial charge in [0.25, 0.3) is 0 Å². The van der Waals surface area contributed by atoms with Gasteiger partial charge in [-0.05, 0) is 36.8 Å². The van der Waals surface area contributed by atoms with Crippen LogP contribution in [-0.2, 0) is 0 Å². The molecule has 0 aliphatic rings. The average molecular weight is 294 g/mol. The number of halogens is 1. The van der Waals surface area contributed by atoms with Crippen molar-refractivity contribution < 1.29 is 0 Å². The number of benzene rings is 2. The normalized spacial score (nSPS) is 10.3. The van der Waals surface area contributed by atoms with Gasteiger partial charge in [-0.3, -0.25) is 0 Å². The third kappa shape index (κ3) is 2.67. The van der Waals surface area contributed by atoms with Crippen molar-refractivity contribution in [2.75, 3.05) is 5.32 Å². The van der Waals surface area contributed by atoms with E-state index in [-0.39, 0.29) is 0 Å². The molecule has 0 saturated heterocycles. The van der Waals surface area contributed by atoms with Crippen LogP contribution >= 0.6 is 11.6 Å². The summed E-state index contributed by atoms with van der Waals surface area (Å²) in [6.45, 7) is 1.98. The molecule has 3 nitrogen and oxygen atoms in total. The maximum atomic E-state index is 9.29. The van der Waals surface area contributed by atoms with Crippen LogP contribution in [0.15, 0.2) is 48.5 Å². The number of hydrogen-bond acceptors (Lipinski definition) is 3. The lowest BCUT2D eigenvalue weighted by Gasteiger charge is -2.10. The highest BCUT2D eigenvalue weighted by molar-refractivity contribution is 6.33. The number of para-hydroxylation sites is 1. The van der Waals surface area contributed by atoms with Gasteiger partial charge in [0, 0.05) is 5.39 Å². The Morgan fingerprint density at radius 2 is 1.95 bits per heavy atom. The number of rotatable bonds is 2. The van der Waals surface area contributed by atoms with Crippen LogP contribution in [0.5, 0.6) is 0 Å². The molecule has 0 saturated carbocycles. The SMILES string of the molecule is Cc1ccc(Nc2cc(C#N)c3ccccc3n2)c(Cl)c1. The Balaban J connectivity index is 2.07. The van der Waals surface area contributed by atoms with E-state index < -0.39 is 0 Å². The van der Waals surface area contributed by atoms with Crippen LogP contribution in [0.1, 0.15) is 11.1 Å². The van der Waals surface area contributed by atoms with Crippen molar-refractivity contribution in [2.45, 2.75) is 6.92 Å². The number of nitriles is 1. The zero-order chi connectivity index (χ0) is 14.8. The summed E-state index contributed by atoms with van der Waals surface area (Å²) in [5, 5.41) is 13.9.